The quantitative estimate of drug-likeness (QED) is 0.833. The fraction of sp³-hybridized carbons (Fsp3) is 0.579. The second-order valence-electron chi connectivity index (χ2n) is 6.79. The molecule has 24 heavy (non-hydrogen) atoms. The third kappa shape index (κ3) is 5.34. The van der Waals surface area contributed by atoms with Gasteiger partial charge in [0.2, 0.25) is 11.8 Å². The molecule has 0 radical (unpaired) electrons. The number of piperidine rings is 1. The molecule has 1 saturated heterocycles. The number of carbonyl (C=O) groups is 2. The van der Waals surface area contributed by atoms with E-state index in [1.165, 1.54) is 11.1 Å². The highest BCUT2D eigenvalue weighted by Crippen LogP contribution is 2.18. The van der Waals surface area contributed by atoms with Gasteiger partial charge < -0.3 is 15.1 Å². The van der Waals surface area contributed by atoms with Gasteiger partial charge in [-0.3, -0.25) is 9.59 Å². The summed E-state index contributed by atoms with van der Waals surface area (Å²) < 4.78 is 0. The predicted molar refractivity (Wildman–Crippen MR) is 95.7 cm³/mol. The Morgan fingerprint density at radius 1 is 1.33 bits per heavy atom. The van der Waals surface area contributed by atoms with Crippen molar-refractivity contribution in [3.63, 3.8) is 0 Å². The number of carbonyl (C=O) groups excluding carboxylic acids is 2. The number of hydrogen-bond donors (Lipinski definition) is 1. The Balaban J connectivity index is 1.83. The van der Waals surface area contributed by atoms with Crippen LogP contribution in [-0.4, -0.2) is 55.3 Å². The molecular formula is C19H29N3O2. The molecule has 0 bridgehead atoms. The van der Waals surface area contributed by atoms with Crippen LogP contribution >= 0.6 is 0 Å². The van der Waals surface area contributed by atoms with E-state index in [-0.39, 0.29) is 17.9 Å². The number of rotatable bonds is 7. The third-order valence-corrected chi connectivity index (χ3v) is 4.57. The van der Waals surface area contributed by atoms with Crippen LogP contribution in [0.4, 0.5) is 0 Å². The molecule has 0 saturated carbocycles. The van der Waals surface area contributed by atoms with Crippen molar-refractivity contribution in [3.05, 3.63) is 35.4 Å². The van der Waals surface area contributed by atoms with Crippen molar-refractivity contribution in [3.8, 4) is 0 Å². The second kappa shape index (κ2) is 8.83. The molecule has 1 heterocycles. The zero-order valence-electron chi connectivity index (χ0n) is 15.0. The molecule has 1 aromatic carbocycles. The highest BCUT2D eigenvalue weighted by atomic mass is 16.2. The molecule has 1 aliphatic rings. The van der Waals surface area contributed by atoms with Gasteiger partial charge in [-0.05, 0) is 39.4 Å². The number of aryl methyl sites for hydroxylation is 1. The van der Waals surface area contributed by atoms with E-state index in [2.05, 4.69) is 35.3 Å². The van der Waals surface area contributed by atoms with Gasteiger partial charge in [-0.15, -0.1) is 0 Å². The van der Waals surface area contributed by atoms with Crippen LogP contribution in [0.15, 0.2) is 24.3 Å². The van der Waals surface area contributed by atoms with Crippen LogP contribution in [0, 0.1) is 6.92 Å². The second-order valence-corrected chi connectivity index (χ2v) is 6.79. The lowest BCUT2D eigenvalue weighted by atomic mass is 10.0. The van der Waals surface area contributed by atoms with E-state index in [4.69, 9.17) is 0 Å². The zero-order chi connectivity index (χ0) is 17.5. The zero-order valence-corrected chi connectivity index (χ0v) is 15.0. The number of hydrogen-bond acceptors (Lipinski definition) is 3. The van der Waals surface area contributed by atoms with Gasteiger partial charge in [0.25, 0.3) is 0 Å². The van der Waals surface area contributed by atoms with Crippen LogP contribution in [0.1, 0.15) is 42.9 Å². The summed E-state index contributed by atoms with van der Waals surface area (Å²) in [6, 6.07) is 8.51. The minimum atomic E-state index is 0.00729. The maximum absolute atomic E-state index is 12.2. The van der Waals surface area contributed by atoms with Crippen molar-refractivity contribution in [2.24, 2.45) is 0 Å². The highest BCUT2D eigenvalue weighted by Gasteiger charge is 2.19. The molecule has 0 spiro atoms. The lowest BCUT2D eigenvalue weighted by molar-refractivity contribution is -0.133. The van der Waals surface area contributed by atoms with E-state index in [0.29, 0.717) is 25.9 Å². The number of likely N-dealkylation sites (tertiary alicyclic amines) is 1. The van der Waals surface area contributed by atoms with Gasteiger partial charge in [-0.2, -0.15) is 0 Å². The highest BCUT2D eigenvalue weighted by molar-refractivity contribution is 5.79. The Kier molecular flexibility index (Phi) is 6.79. The van der Waals surface area contributed by atoms with Crippen LogP contribution in [0.5, 0.6) is 0 Å². The van der Waals surface area contributed by atoms with Crippen LogP contribution in [0.25, 0.3) is 0 Å². The van der Waals surface area contributed by atoms with Crippen LogP contribution in [0.2, 0.25) is 0 Å². The van der Waals surface area contributed by atoms with Crippen molar-refractivity contribution >= 4 is 11.8 Å². The van der Waals surface area contributed by atoms with Crippen molar-refractivity contribution < 1.29 is 9.59 Å². The number of likely N-dealkylation sites (N-methyl/N-ethyl adjacent to an activating group) is 1. The van der Waals surface area contributed by atoms with Gasteiger partial charge in [0.15, 0.2) is 0 Å². The Morgan fingerprint density at radius 2 is 2.12 bits per heavy atom. The summed E-state index contributed by atoms with van der Waals surface area (Å²) in [6.07, 6.45) is 3.02. The fourth-order valence-electron chi connectivity index (χ4n) is 3.11. The van der Waals surface area contributed by atoms with E-state index >= 15 is 0 Å². The first-order valence-electron chi connectivity index (χ1n) is 8.75. The molecule has 0 unspecified atom stereocenters. The molecule has 1 atom stereocenters. The molecule has 5 nitrogen and oxygen atoms in total. The minimum Gasteiger partial charge on any atom is -0.354 e. The predicted octanol–water partition coefficient (Wildman–Crippen LogP) is 2.12. The van der Waals surface area contributed by atoms with Crippen molar-refractivity contribution in [2.75, 3.05) is 33.7 Å². The van der Waals surface area contributed by atoms with E-state index in [0.717, 1.165) is 19.4 Å². The average Bonchev–Trinajstić information content (AvgIpc) is 2.54. The molecule has 1 aromatic rings. The third-order valence-electron chi connectivity index (χ3n) is 4.57. The van der Waals surface area contributed by atoms with Crippen molar-refractivity contribution in [1.29, 1.82) is 0 Å². The molecular weight excluding hydrogens is 302 g/mol. The summed E-state index contributed by atoms with van der Waals surface area (Å²) in [7, 11) is 4.04. The summed E-state index contributed by atoms with van der Waals surface area (Å²) in [5.74, 6) is 0.188. The first kappa shape index (κ1) is 18.5. The number of nitrogens with one attached hydrogen (secondary N) is 1. The molecule has 2 amide bonds. The number of nitrogens with zero attached hydrogens (tertiary/aromatic N) is 2. The van der Waals surface area contributed by atoms with Gasteiger partial charge >= 0.3 is 0 Å². The largest absolute Gasteiger partial charge is 0.354 e. The molecule has 2 rings (SSSR count). The number of amides is 2. The molecule has 5 heteroatoms. The summed E-state index contributed by atoms with van der Waals surface area (Å²) in [4.78, 5) is 27.8. The fourth-order valence-corrected chi connectivity index (χ4v) is 3.11. The van der Waals surface area contributed by atoms with Crippen molar-refractivity contribution in [1.82, 2.24) is 15.1 Å². The Morgan fingerprint density at radius 3 is 2.79 bits per heavy atom. The maximum Gasteiger partial charge on any atom is 0.222 e. The smallest absolute Gasteiger partial charge is 0.222 e. The summed E-state index contributed by atoms with van der Waals surface area (Å²) in [5.41, 5.74) is 2.42. The van der Waals surface area contributed by atoms with E-state index in [9.17, 15) is 9.59 Å². The summed E-state index contributed by atoms with van der Waals surface area (Å²) in [5, 5.41) is 3.02. The standard InChI is InChI=1S/C19H29N3O2/c1-15-7-6-8-16(13-15)17(21(2)3)14-20-18(23)10-12-22-11-5-4-9-19(22)24/h6-8,13,17H,4-5,9-12,14H2,1-3H3,(H,20,23)/t17-/m0/s1. The molecule has 1 aliphatic heterocycles. The first-order valence-corrected chi connectivity index (χ1v) is 8.75. The topological polar surface area (TPSA) is 52.7 Å². The van der Waals surface area contributed by atoms with Gasteiger partial charge in [-0.25, -0.2) is 0 Å². The van der Waals surface area contributed by atoms with Crippen LogP contribution in [-0.2, 0) is 9.59 Å². The molecule has 132 valence electrons. The molecule has 0 aromatic heterocycles. The minimum absolute atomic E-state index is 0.00729. The molecule has 0 aliphatic carbocycles. The first-order chi connectivity index (χ1) is 11.5. The van der Waals surface area contributed by atoms with Crippen molar-refractivity contribution in [2.45, 2.75) is 38.6 Å². The van der Waals surface area contributed by atoms with Gasteiger partial charge in [0.05, 0.1) is 6.04 Å². The summed E-state index contributed by atoms with van der Waals surface area (Å²) in [6.45, 7) is 3.96. The van der Waals surface area contributed by atoms with Gasteiger partial charge in [-0.1, -0.05) is 29.8 Å². The molecule has 1 N–H and O–H groups in total. The summed E-state index contributed by atoms with van der Waals surface area (Å²) >= 11 is 0. The SMILES string of the molecule is Cc1cccc([C@H](CNC(=O)CCN2CCCCC2=O)N(C)C)c1. The Hall–Kier alpha value is -1.88. The van der Waals surface area contributed by atoms with E-state index in [1.807, 2.05) is 25.1 Å². The van der Waals surface area contributed by atoms with Crippen LogP contribution in [0.3, 0.4) is 0 Å². The maximum atomic E-state index is 12.2. The lowest BCUT2D eigenvalue weighted by Gasteiger charge is -2.27. The average molecular weight is 331 g/mol. The normalized spacial score (nSPS) is 16.3. The van der Waals surface area contributed by atoms with E-state index < -0.39 is 0 Å². The monoisotopic (exact) mass is 331 g/mol. The molecule has 1 fully saturated rings. The van der Waals surface area contributed by atoms with Crippen LogP contribution < -0.4 is 5.32 Å². The van der Waals surface area contributed by atoms with E-state index in [1.54, 1.807) is 0 Å². The Labute approximate surface area is 145 Å². The lowest BCUT2D eigenvalue weighted by Crippen LogP contribution is -2.39. The number of benzene rings is 1. The van der Waals surface area contributed by atoms with Gasteiger partial charge in [0.1, 0.15) is 0 Å². The Bertz CT molecular complexity index is 571. The van der Waals surface area contributed by atoms with Gasteiger partial charge in [0, 0.05) is 32.5 Å².